The Morgan fingerprint density at radius 2 is 2.05 bits per heavy atom. The number of aryl methyl sites for hydroxylation is 1. The lowest BCUT2D eigenvalue weighted by Gasteiger charge is -2.30. The third-order valence-corrected chi connectivity index (χ3v) is 3.55. The van der Waals surface area contributed by atoms with Gasteiger partial charge in [0.2, 0.25) is 0 Å². The first-order valence-corrected chi connectivity index (χ1v) is 6.54. The zero-order chi connectivity index (χ0) is 14.1. The number of aromatic carboxylic acids is 1. The SMILES string of the molecule is Cc1ncc(C(=O)O)c(N2CCc3ccccc3C2)n1. The summed E-state index contributed by atoms with van der Waals surface area (Å²) in [6, 6.07) is 8.24. The quantitative estimate of drug-likeness (QED) is 0.903. The Kier molecular flexibility index (Phi) is 3.10. The number of benzene rings is 1. The molecule has 0 fully saturated rings. The minimum atomic E-state index is -0.987. The van der Waals surface area contributed by atoms with E-state index in [-0.39, 0.29) is 5.56 Å². The molecule has 102 valence electrons. The fourth-order valence-electron chi connectivity index (χ4n) is 2.53. The van der Waals surface area contributed by atoms with Gasteiger partial charge in [-0.25, -0.2) is 14.8 Å². The summed E-state index contributed by atoms with van der Waals surface area (Å²) >= 11 is 0. The summed E-state index contributed by atoms with van der Waals surface area (Å²) in [5.41, 5.74) is 2.72. The molecule has 0 saturated heterocycles. The van der Waals surface area contributed by atoms with Crippen LogP contribution in [0.3, 0.4) is 0 Å². The summed E-state index contributed by atoms with van der Waals surface area (Å²) in [5, 5.41) is 9.28. The Bertz CT molecular complexity index is 670. The van der Waals surface area contributed by atoms with E-state index in [2.05, 4.69) is 22.1 Å². The molecule has 1 aromatic heterocycles. The van der Waals surface area contributed by atoms with E-state index in [1.54, 1.807) is 6.92 Å². The number of nitrogens with zero attached hydrogens (tertiary/aromatic N) is 3. The summed E-state index contributed by atoms with van der Waals surface area (Å²) in [7, 11) is 0. The molecule has 1 N–H and O–H groups in total. The van der Waals surface area contributed by atoms with E-state index in [9.17, 15) is 9.90 Å². The van der Waals surface area contributed by atoms with Gasteiger partial charge in [-0.2, -0.15) is 0 Å². The molecule has 0 bridgehead atoms. The molecule has 1 aliphatic rings. The first-order chi connectivity index (χ1) is 9.65. The van der Waals surface area contributed by atoms with Gasteiger partial charge in [0.05, 0.1) is 0 Å². The Hall–Kier alpha value is -2.43. The van der Waals surface area contributed by atoms with E-state index in [0.717, 1.165) is 13.0 Å². The average Bonchev–Trinajstić information content (AvgIpc) is 2.46. The molecule has 0 unspecified atom stereocenters. The van der Waals surface area contributed by atoms with Crippen LogP contribution < -0.4 is 4.90 Å². The second-order valence-electron chi connectivity index (χ2n) is 4.90. The van der Waals surface area contributed by atoms with Gasteiger partial charge in [0, 0.05) is 19.3 Å². The van der Waals surface area contributed by atoms with Crippen molar-refractivity contribution < 1.29 is 9.90 Å². The molecule has 2 aromatic rings. The van der Waals surface area contributed by atoms with Gasteiger partial charge in [0.25, 0.3) is 0 Å². The van der Waals surface area contributed by atoms with Crippen LogP contribution >= 0.6 is 0 Å². The van der Waals surface area contributed by atoms with Gasteiger partial charge < -0.3 is 10.0 Å². The highest BCUT2D eigenvalue weighted by molar-refractivity contribution is 5.93. The first-order valence-electron chi connectivity index (χ1n) is 6.54. The highest BCUT2D eigenvalue weighted by Gasteiger charge is 2.22. The fourth-order valence-corrected chi connectivity index (χ4v) is 2.53. The second-order valence-corrected chi connectivity index (χ2v) is 4.90. The van der Waals surface area contributed by atoms with E-state index in [1.807, 2.05) is 17.0 Å². The molecule has 2 heterocycles. The van der Waals surface area contributed by atoms with Crippen molar-refractivity contribution in [3.8, 4) is 0 Å². The number of carboxylic acid groups (broad SMARTS) is 1. The van der Waals surface area contributed by atoms with Crippen LogP contribution in [-0.2, 0) is 13.0 Å². The third kappa shape index (κ3) is 2.22. The Morgan fingerprint density at radius 3 is 2.80 bits per heavy atom. The molecule has 0 amide bonds. The van der Waals surface area contributed by atoms with Crippen LogP contribution in [-0.4, -0.2) is 27.6 Å². The molecule has 0 radical (unpaired) electrons. The zero-order valence-electron chi connectivity index (χ0n) is 11.2. The molecule has 0 saturated carbocycles. The van der Waals surface area contributed by atoms with Crippen LogP contribution in [0, 0.1) is 6.92 Å². The van der Waals surface area contributed by atoms with Crippen molar-refractivity contribution >= 4 is 11.8 Å². The molecule has 5 heteroatoms. The number of fused-ring (bicyclic) bond motifs is 1. The van der Waals surface area contributed by atoms with Crippen LogP contribution in [0.5, 0.6) is 0 Å². The van der Waals surface area contributed by atoms with E-state index in [4.69, 9.17) is 0 Å². The number of rotatable bonds is 2. The highest BCUT2D eigenvalue weighted by Crippen LogP contribution is 2.25. The lowest BCUT2D eigenvalue weighted by Crippen LogP contribution is -2.32. The Labute approximate surface area is 116 Å². The van der Waals surface area contributed by atoms with Crippen molar-refractivity contribution in [3.05, 3.63) is 53.0 Å². The normalized spacial score (nSPS) is 13.9. The van der Waals surface area contributed by atoms with Gasteiger partial charge in [-0.15, -0.1) is 0 Å². The molecule has 3 rings (SSSR count). The highest BCUT2D eigenvalue weighted by atomic mass is 16.4. The molecular weight excluding hydrogens is 254 g/mol. The largest absolute Gasteiger partial charge is 0.477 e. The van der Waals surface area contributed by atoms with Crippen LogP contribution in [0.4, 0.5) is 5.82 Å². The number of anilines is 1. The van der Waals surface area contributed by atoms with Crippen molar-refractivity contribution in [1.82, 2.24) is 9.97 Å². The van der Waals surface area contributed by atoms with Crippen LogP contribution in [0.15, 0.2) is 30.5 Å². The number of aromatic nitrogens is 2. The smallest absolute Gasteiger partial charge is 0.341 e. The van der Waals surface area contributed by atoms with Gasteiger partial charge in [-0.1, -0.05) is 24.3 Å². The number of carbonyl (C=O) groups is 1. The maximum Gasteiger partial charge on any atom is 0.341 e. The summed E-state index contributed by atoms with van der Waals surface area (Å²) in [5.74, 6) is 0.113. The van der Waals surface area contributed by atoms with Gasteiger partial charge in [-0.3, -0.25) is 0 Å². The number of carboxylic acids is 1. The molecule has 0 spiro atoms. The molecule has 1 aliphatic heterocycles. The second kappa shape index (κ2) is 4.92. The summed E-state index contributed by atoms with van der Waals surface area (Å²) in [6.07, 6.45) is 2.29. The standard InChI is InChI=1S/C15H15N3O2/c1-10-16-8-13(15(19)20)14(17-10)18-7-6-11-4-2-3-5-12(11)9-18/h2-5,8H,6-7,9H2,1H3,(H,19,20). The fraction of sp³-hybridized carbons (Fsp3) is 0.267. The van der Waals surface area contributed by atoms with E-state index in [1.165, 1.54) is 17.3 Å². The molecule has 0 aliphatic carbocycles. The number of hydrogen-bond donors (Lipinski definition) is 1. The topological polar surface area (TPSA) is 66.3 Å². The van der Waals surface area contributed by atoms with Crippen molar-refractivity contribution in [2.24, 2.45) is 0 Å². The predicted molar refractivity (Wildman–Crippen MR) is 74.9 cm³/mol. The van der Waals surface area contributed by atoms with Gasteiger partial charge in [-0.05, 0) is 24.5 Å². The maximum atomic E-state index is 11.3. The number of hydrogen-bond acceptors (Lipinski definition) is 4. The molecule has 1 aromatic carbocycles. The van der Waals surface area contributed by atoms with E-state index < -0.39 is 5.97 Å². The lowest BCUT2D eigenvalue weighted by atomic mass is 10.00. The van der Waals surface area contributed by atoms with E-state index >= 15 is 0 Å². The average molecular weight is 269 g/mol. The summed E-state index contributed by atoms with van der Waals surface area (Å²) in [4.78, 5) is 21.6. The van der Waals surface area contributed by atoms with Crippen molar-refractivity contribution in [3.63, 3.8) is 0 Å². The lowest BCUT2D eigenvalue weighted by molar-refractivity contribution is 0.0696. The Morgan fingerprint density at radius 1 is 1.30 bits per heavy atom. The van der Waals surface area contributed by atoms with Gasteiger partial charge in [0.15, 0.2) is 0 Å². The first kappa shape index (κ1) is 12.6. The van der Waals surface area contributed by atoms with Crippen LogP contribution in [0.2, 0.25) is 0 Å². The molecule has 20 heavy (non-hydrogen) atoms. The van der Waals surface area contributed by atoms with Crippen molar-refractivity contribution in [2.45, 2.75) is 19.9 Å². The monoisotopic (exact) mass is 269 g/mol. The minimum absolute atomic E-state index is 0.162. The van der Waals surface area contributed by atoms with Crippen LogP contribution in [0.25, 0.3) is 0 Å². The molecule has 5 nitrogen and oxygen atoms in total. The third-order valence-electron chi connectivity index (χ3n) is 3.55. The van der Waals surface area contributed by atoms with Crippen LogP contribution in [0.1, 0.15) is 27.3 Å². The maximum absolute atomic E-state index is 11.3. The van der Waals surface area contributed by atoms with Crippen molar-refractivity contribution in [1.29, 1.82) is 0 Å². The summed E-state index contributed by atoms with van der Waals surface area (Å²) in [6.45, 7) is 3.23. The van der Waals surface area contributed by atoms with Gasteiger partial charge >= 0.3 is 5.97 Å². The molecule has 0 atom stereocenters. The predicted octanol–water partition coefficient (Wildman–Crippen LogP) is 2.05. The zero-order valence-corrected chi connectivity index (χ0v) is 11.2. The van der Waals surface area contributed by atoms with Crippen molar-refractivity contribution in [2.75, 3.05) is 11.4 Å². The summed E-state index contributed by atoms with van der Waals surface area (Å²) < 4.78 is 0. The minimum Gasteiger partial charge on any atom is -0.477 e. The Balaban J connectivity index is 1.99. The van der Waals surface area contributed by atoms with Gasteiger partial charge in [0.1, 0.15) is 17.2 Å². The van der Waals surface area contributed by atoms with E-state index in [0.29, 0.717) is 18.2 Å². The molecular formula is C15H15N3O2.